The molecular weight excluding hydrogens is 302 g/mol. The van der Waals surface area contributed by atoms with Crippen LogP contribution in [0.1, 0.15) is 47.0 Å². The molecule has 0 saturated carbocycles. The Morgan fingerprint density at radius 3 is 2.12 bits per heavy atom. The molecule has 134 valence electrons. The Morgan fingerprint density at radius 2 is 1.75 bits per heavy atom. The van der Waals surface area contributed by atoms with E-state index in [1.807, 2.05) is 32.9 Å². The van der Waals surface area contributed by atoms with Crippen molar-refractivity contribution >= 4 is 11.9 Å². The second-order valence-corrected chi connectivity index (χ2v) is 5.78. The van der Waals surface area contributed by atoms with Gasteiger partial charge in [-0.2, -0.15) is 0 Å². The Hall–Kier alpha value is -2.10. The fourth-order valence-electron chi connectivity index (χ4n) is 3.10. The first kappa shape index (κ1) is 21.9. The number of hydrogen-bond donors (Lipinski definition) is 1. The van der Waals surface area contributed by atoms with Gasteiger partial charge < -0.3 is 9.47 Å². The number of methoxy groups -OCH3 is 2. The molecule has 1 N–H and O–H groups in total. The van der Waals surface area contributed by atoms with Crippen LogP contribution in [0.3, 0.4) is 0 Å². The van der Waals surface area contributed by atoms with Crippen molar-refractivity contribution in [2.24, 2.45) is 5.41 Å². The minimum atomic E-state index is -0.526. The van der Waals surface area contributed by atoms with E-state index in [1.165, 1.54) is 14.2 Å². The molecule has 4 heteroatoms. The maximum Gasteiger partial charge on any atom is 0.306 e. The number of hydrogen-bond acceptors (Lipinski definition) is 4. The van der Waals surface area contributed by atoms with E-state index in [1.54, 1.807) is 6.08 Å². The lowest BCUT2D eigenvalue weighted by molar-refractivity contribution is -0.142. The number of nitrogens with one attached hydrogen (secondary N) is 1. The van der Waals surface area contributed by atoms with Crippen molar-refractivity contribution < 1.29 is 14.3 Å². The summed E-state index contributed by atoms with van der Waals surface area (Å²) in [6, 6.07) is 0. The fraction of sp³-hybridized carbons (Fsp3) is 0.500. The van der Waals surface area contributed by atoms with Gasteiger partial charge in [-0.1, -0.05) is 36.3 Å². The molecule has 0 aromatic rings. The average Bonchev–Trinajstić information content (AvgIpc) is 2.55. The fourth-order valence-corrected chi connectivity index (χ4v) is 3.10. The van der Waals surface area contributed by atoms with E-state index in [9.17, 15) is 4.79 Å². The normalized spacial score (nSPS) is 15.1. The lowest BCUT2D eigenvalue weighted by Crippen LogP contribution is -2.30. The van der Waals surface area contributed by atoms with Gasteiger partial charge in [0.25, 0.3) is 0 Å². The van der Waals surface area contributed by atoms with Gasteiger partial charge in [0, 0.05) is 5.41 Å². The van der Waals surface area contributed by atoms with Gasteiger partial charge in [-0.05, 0) is 45.3 Å². The molecule has 0 heterocycles. The van der Waals surface area contributed by atoms with Crippen LogP contribution >= 0.6 is 0 Å². The van der Waals surface area contributed by atoms with E-state index in [0.717, 1.165) is 23.1 Å². The molecule has 0 aromatic heterocycles. The monoisotopic (exact) mass is 333 g/mol. The molecule has 4 nitrogen and oxygen atoms in total. The van der Waals surface area contributed by atoms with Gasteiger partial charge in [0.15, 0.2) is 0 Å². The predicted molar refractivity (Wildman–Crippen MR) is 100 cm³/mol. The number of carbonyl (C=O) groups excluding carboxylic acids is 1. The van der Waals surface area contributed by atoms with Gasteiger partial charge in [-0.25, -0.2) is 0 Å². The molecule has 0 amide bonds. The molecule has 24 heavy (non-hydrogen) atoms. The quantitative estimate of drug-likeness (QED) is 0.213. The number of carbonyl (C=O) groups is 1. The topological polar surface area (TPSA) is 59.4 Å². The molecule has 0 aromatic carbocycles. The molecule has 0 aliphatic carbocycles. The largest absolute Gasteiger partial charge is 0.481 e. The summed E-state index contributed by atoms with van der Waals surface area (Å²) >= 11 is 0. The van der Waals surface area contributed by atoms with Gasteiger partial charge in [0.2, 0.25) is 5.90 Å². The van der Waals surface area contributed by atoms with Crippen molar-refractivity contribution in [3.63, 3.8) is 0 Å². The zero-order valence-electron chi connectivity index (χ0n) is 15.9. The van der Waals surface area contributed by atoms with Crippen LogP contribution < -0.4 is 0 Å². The Bertz CT molecular complexity index is 555. The summed E-state index contributed by atoms with van der Waals surface area (Å²) in [5, 5.41) is 7.67. The third-order valence-electron chi connectivity index (χ3n) is 4.12. The summed E-state index contributed by atoms with van der Waals surface area (Å²) in [6.45, 7) is 12.0. The Balaban J connectivity index is 6.29. The maximum absolute atomic E-state index is 12.2. The van der Waals surface area contributed by atoms with Crippen molar-refractivity contribution in [1.82, 2.24) is 0 Å². The first-order chi connectivity index (χ1) is 11.3. The van der Waals surface area contributed by atoms with Crippen molar-refractivity contribution in [2.45, 2.75) is 47.0 Å². The Morgan fingerprint density at radius 1 is 1.12 bits per heavy atom. The molecule has 0 aliphatic heterocycles. The molecule has 0 spiro atoms. The highest BCUT2D eigenvalue weighted by Crippen LogP contribution is 2.46. The van der Waals surface area contributed by atoms with Gasteiger partial charge in [-0.15, -0.1) is 6.58 Å². The summed E-state index contributed by atoms with van der Waals surface area (Å²) in [4.78, 5) is 12.2. The number of ether oxygens (including phenoxy) is 2. The summed E-state index contributed by atoms with van der Waals surface area (Å²) in [7, 11) is 2.86. The molecule has 0 saturated heterocycles. The smallest absolute Gasteiger partial charge is 0.306 e. The van der Waals surface area contributed by atoms with Crippen LogP contribution in [0.25, 0.3) is 0 Å². The molecule has 0 aliphatic rings. The van der Waals surface area contributed by atoms with E-state index in [-0.39, 0.29) is 18.3 Å². The summed E-state index contributed by atoms with van der Waals surface area (Å²) in [6.07, 6.45) is 9.16. The minimum Gasteiger partial charge on any atom is -0.481 e. The zero-order chi connectivity index (χ0) is 18.8. The third-order valence-corrected chi connectivity index (χ3v) is 4.12. The first-order valence-corrected chi connectivity index (χ1v) is 8.15. The summed E-state index contributed by atoms with van der Waals surface area (Å²) in [5.41, 5.74) is 2.56. The lowest BCUT2D eigenvalue weighted by Gasteiger charge is -2.37. The highest BCUT2D eigenvalue weighted by Gasteiger charge is 2.38. The lowest BCUT2D eigenvalue weighted by atomic mass is 9.66. The number of rotatable bonds is 9. The van der Waals surface area contributed by atoms with E-state index in [2.05, 4.69) is 19.6 Å². The SMILES string of the molecule is C=C(C)C[C@](CC(=O)OC)(C(/C=C\C(=N)OC)=C\C)/C(=C/C)CC. The van der Waals surface area contributed by atoms with Crippen molar-refractivity contribution in [3.05, 3.63) is 47.6 Å². The standard InChI is InChI=1S/C20H31NO3/c1-8-16(9-2)20(13-15(4)5,14-19(22)24-7)17(10-3)11-12-18(21)23-6/h8,10-12,21H,4,9,13-14H2,1-3,5-7H3/b12-11-,16-8+,17-10-,21-18?/t20-/m1/s1. The number of allylic oxidation sites excluding steroid dienone is 6. The summed E-state index contributed by atoms with van der Waals surface area (Å²) < 4.78 is 9.85. The first-order valence-electron chi connectivity index (χ1n) is 8.15. The van der Waals surface area contributed by atoms with E-state index in [0.29, 0.717) is 6.42 Å². The highest BCUT2D eigenvalue weighted by molar-refractivity contribution is 5.85. The molecule has 0 fully saturated rings. The van der Waals surface area contributed by atoms with Crippen molar-refractivity contribution in [1.29, 1.82) is 5.41 Å². The Labute approximate surface area is 146 Å². The Kier molecular flexibility index (Phi) is 9.70. The zero-order valence-corrected chi connectivity index (χ0v) is 15.9. The van der Waals surface area contributed by atoms with Crippen LogP contribution in [0, 0.1) is 10.8 Å². The number of esters is 1. The molecular formula is C20H31NO3. The van der Waals surface area contributed by atoms with E-state index in [4.69, 9.17) is 14.9 Å². The van der Waals surface area contributed by atoms with Gasteiger partial charge >= 0.3 is 5.97 Å². The molecule has 1 atom stereocenters. The summed E-state index contributed by atoms with van der Waals surface area (Å²) in [5.74, 6) is -0.200. The van der Waals surface area contributed by atoms with Crippen LogP contribution in [0.15, 0.2) is 47.6 Å². The van der Waals surface area contributed by atoms with Crippen LogP contribution in [-0.4, -0.2) is 26.1 Å². The van der Waals surface area contributed by atoms with Crippen LogP contribution in [0.2, 0.25) is 0 Å². The molecule has 0 bridgehead atoms. The molecule has 0 rings (SSSR count). The molecule has 0 unspecified atom stereocenters. The predicted octanol–water partition coefficient (Wildman–Crippen LogP) is 4.98. The van der Waals surface area contributed by atoms with Crippen LogP contribution in [-0.2, 0) is 14.3 Å². The van der Waals surface area contributed by atoms with Gasteiger partial charge in [0.05, 0.1) is 20.6 Å². The van der Waals surface area contributed by atoms with Crippen LogP contribution in [0.5, 0.6) is 0 Å². The van der Waals surface area contributed by atoms with E-state index < -0.39 is 5.41 Å². The van der Waals surface area contributed by atoms with Crippen molar-refractivity contribution in [2.75, 3.05) is 14.2 Å². The molecule has 0 radical (unpaired) electrons. The second-order valence-electron chi connectivity index (χ2n) is 5.78. The third kappa shape index (κ3) is 5.84. The van der Waals surface area contributed by atoms with Gasteiger partial charge in [0.1, 0.15) is 0 Å². The van der Waals surface area contributed by atoms with E-state index >= 15 is 0 Å². The van der Waals surface area contributed by atoms with Crippen LogP contribution in [0.4, 0.5) is 0 Å². The highest BCUT2D eigenvalue weighted by atomic mass is 16.5. The van der Waals surface area contributed by atoms with Gasteiger partial charge in [-0.3, -0.25) is 10.2 Å². The second kappa shape index (κ2) is 10.6. The maximum atomic E-state index is 12.2. The average molecular weight is 333 g/mol. The minimum absolute atomic E-state index is 0.0650. The van der Waals surface area contributed by atoms with Crippen molar-refractivity contribution in [3.8, 4) is 0 Å².